The Balaban J connectivity index is -0.00000000500. The predicted octanol–water partition coefficient (Wildman–Crippen LogP) is 0.838. The van der Waals surface area contributed by atoms with Crippen LogP contribution in [-0.2, 0) is 53.2 Å². The van der Waals surface area contributed by atoms with Crippen LogP contribution in [0, 0.1) is 0 Å². The zero-order valence-electron chi connectivity index (χ0n) is 2.15. The van der Waals surface area contributed by atoms with Gasteiger partial charge in [0.1, 0.15) is 0 Å². The van der Waals surface area contributed by atoms with Gasteiger partial charge in [-0.1, -0.05) is 0 Å². The topological polar surface area (TPSA) is 0 Å². The Bertz CT molecular complexity index is 6.00. The molecule has 0 nitrogen and oxygen atoms in total. The van der Waals surface area contributed by atoms with Crippen molar-refractivity contribution in [3.05, 3.63) is 0 Å². The second-order valence-electron chi connectivity index (χ2n) is 0. The van der Waals surface area contributed by atoms with E-state index in [0.29, 0.717) is 0 Å². The van der Waals surface area contributed by atoms with Crippen LogP contribution in [0.2, 0.25) is 0 Å². The van der Waals surface area contributed by atoms with Crippen molar-refractivity contribution in [3.63, 3.8) is 0 Å². The zero-order chi connectivity index (χ0) is 2.00. The fourth-order valence-electron chi connectivity index (χ4n) is 0. The first-order valence-corrected chi connectivity index (χ1v) is 2.86. The van der Waals surface area contributed by atoms with Crippen molar-refractivity contribution < 1.29 is 53.2 Å². The van der Waals surface area contributed by atoms with E-state index in [1.54, 1.807) is 0 Å². The second-order valence-corrected chi connectivity index (χ2v) is 0. The largest absolute Gasteiger partial charge is 0 e. The minimum absolute atomic E-state index is 0. The van der Waals surface area contributed by atoms with Crippen molar-refractivity contribution in [3.8, 4) is 0 Å². The standard InChI is InChI=1S/BrH.Fe.2Zn/h1H;;;/q;+1;;/p-1. The summed E-state index contributed by atoms with van der Waals surface area (Å²) in [5.41, 5.74) is 0. The van der Waals surface area contributed by atoms with E-state index in [4.69, 9.17) is 0 Å². The quantitative estimate of drug-likeness (QED) is 0.570. The van der Waals surface area contributed by atoms with E-state index >= 15 is 0 Å². The number of halogens is 1. The zero-order valence-corrected chi connectivity index (χ0v) is 10.8. The van der Waals surface area contributed by atoms with Gasteiger partial charge in [0, 0.05) is 39.0 Å². The Morgan fingerprint density at radius 1 is 1.00 bits per heavy atom. The molecule has 0 rings (SSSR count). The van der Waals surface area contributed by atoms with Crippen LogP contribution in [0.3, 0.4) is 0 Å². The van der Waals surface area contributed by atoms with Gasteiger partial charge in [0.15, 0.2) is 0 Å². The van der Waals surface area contributed by atoms with Crippen molar-refractivity contribution in [2.75, 3.05) is 0 Å². The molecule has 0 heterocycles. The molecule has 0 atom stereocenters. The third kappa shape index (κ3) is 8.87. The molecule has 19 valence electrons. The van der Waals surface area contributed by atoms with Gasteiger partial charge in [-0.3, -0.25) is 0 Å². The predicted molar refractivity (Wildman–Crippen MR) is 8.93 cm³/mol. The van der Waals surface area contributed by atoms with Gasteiger partial charge in [0.25, 0.3) is 0 Å². The van der Waals surface area contributed by atoms with Crippen molar-refractivity contribution >= 4 is 14.1 Å². The van der Waals surface area contributed by atoms with Crippen LogP contribution in [-0.4, -0.2) is 0 Å². The maximum absolute atomic E-state index is 3.06. The molecule has 0 saturated heterocycles. The molecule has 0 radical (unpaired) electrons. The van der Waals surface area contributed by atoms with Crippen LogP contribution >= 0.6 is 14.1 Å². The molecule has 0 aromatic carbocycles. The maximum atomic E-state index is 3.06. The first kappa shape index (κ1) is 16.3. The Kier molecular flexibility index (Phi) is 76.5. The molecule has 4 heteroatoms. The van der Waals surface area contributed by atoms with Crippen LogP contribution < -0.4 is 0 Å². The van der Waals surface area contributed by atoms with Gasteiger partial charge in [0.2, 0.25) is 0 Å². The van der Waals surface area contributed by atoms with Gasteiger partial charge in [0.05, 0.1) is 0 Å². The van der Waals surface area contributed by atoms with Gasteiger partial charge >= 0.3 is 28.3 Å². The summed E-state index contributed by atoms with van der Waals surface area (Å²) in [6.07, 6.45) is 0. The van der Waals surface area contributed by atoms with E-state index in [-0.39, 0.29) is 39.0 Å². The van der Waals surface area contributed by atoms with E-state index in [1.165, 1.54) is 0 Å². The van der Waals surface area contributed by atoms with E-state index in [0.717, 1.165) is 0 Å². The molecule has 0 amide bonds. The van der Waals surface area contributed by atoms with Gasteiger partial charge in [-0.15, -0.1) is 0 Å². The van der Waals surface area contributed by atoms with E-state index in [2.05, 4.69) is 28.3 Å². The Morgan fingerprint density at radius 2 is 1.00 bits per heavy atom. The summed E-state index contributed by atoms with van der Waals surface area (Å²) in [5.74, 6) is 0. The third-order valence-corrected chi connectivity index (χ3v) is 0. The van der Waals surface area contributed by atoms with Crippen LogP contribution in [0.5, 0.6) is 0 Å². The summed E-state index contributed by atoms with van der Waals surface area (Å²) in [6, 6.07) is 0. The average molecular weight is 267 g/mol. The van der Waals surface area contributed by atoms with Gasteiger partial charge in [-0.25, -0.2) is 0 Å². The molecule has 0 aliphatic carbocycles. The number of rotatable bonds is 0. The number of hydrogen-bond donors (Lipinski definition) is 0. The molecule has 0 aromatic rings. The molecule has 0 bridgehead atoms. The summed E-state index contributed by atoms with van der Waals surface area (Å²) in [7, 11) is 0. The summed E-state index contributed by atoms with van der Waals surface area (Å²) in [5, 5.41) is 0. The first-order chi connectivity index (χ1) is 1.00. The van der Waals surface area contributed by atoms with E-state index in [9.17, 15) is 0 Å². The smallest absolute Gasteiger partial charge is 0 e. The monoisotopic (exact) mass is 263 g/mol. The van der Waals surface area contributed by atoms with E-state index in [1.807, 2.05) is 0 Å². The van der Waals surface area contributed by atoms with Crippen LogP contribution in [0.1, 0.15) is 0 Å². The van der Waals surface area contributed by atoms with Gasteiger partial charge in [-0.05, 0) is 0 Å². The Morgan fingerprint density at radius 3 is 1.00 bits per heavy atom. The summed E-state index contributed by atoms with van der Waals surface area (Å²) >= 11 is 5.75. The van der Waals surface area contributed by atoms with Crippen LogP contribution in [0.15, 0.2) is 0 Å². The second kappa shape index (κ2) is 18.7. The fourth-order valence-corrected chi connectivity index (χ4v) is 0. The molecule has 0 fully saturated rings. The minimum Gasteiger partial charge on any atom is 0 e. The fraction of sp³-hybridized carbons (Fsp3) is 0. The van der Waals surface area contributed by atoms with Crippen molar-refractivity contribution in [2.45, 2.75) is 0 Å². The molecule has 0 aliphatic rings. The molecular weight excluding hydrogens is 267 g/mol. The molecule has 0 aliphatic heterocycles. The van der Waals surface area contributed by atoms with Crippen molar-refractivity contribution in [1.82, 2.24) is 0 Å². The molecule has 4 heavy (non-hydrogen) atoms. The van der Waals surface area contributed by atoms with Crippen LogP contribution in [0.4, 0.5) is 0 Å². The first-order valence-electron chi connectivity index (χ1n) is 0.134. The average Bonchev–Trinajstić information content (AvgIpc) is 1.00. The summed E-state index contributed by atoms with van der Waals surface area (Å²) in [4.78, 5) is 0. The molecular formula is BrFeZn2. The van der Waals surface area contributed by atoms with Gasteiger partial charge < -0.3 is 0 Å². The SMILES string of the molecule is [Fe][Br].[Zn].[Zn]. The molecule has 0 saturated carbocycles. The van der Waals surface area contributed by atoms with Crippen LogP contribution in [0.25, 0.3) is 0 Å². The van der Waals surface area contributed by atoms with Gasteiger partial charge in [-0.2, -0.15) is 0 Å². The maximum Gasteiger partial charge on any atom is 0 e. The molecule has 0 spiro atoms. The Hall–Kier alpha value is 2.25. The van der Waals surface area contributed by atoms with E-state index < -0.39 is 0 Å². The Labute approximate surface area is 66.5 Å². The normalized spacial score (nSPS) is 1.50. The molecule has 0 N–H and O–H groups in total. The van der Waals surface area contributed by atoms with Crippen molar-refractivity contribution in [2.24, 2.45) is 0 Å². The number of hydrogen-bond acceptors (Lipinski definition) is 0. The summed E-state index contributed by atoms with van der Waals surface area (Å²) in [6.45, 7) is 0. The van der Waals surface area contributed by atoms with Crippen molar-refractivity contribution in [1.29, 1.82) is 0 Å². The summed E-state index contributed by atoms with van der Waals surface area (Å²) < 4.78 is 0. The minimum atomic E-state index is 0. The molecule has 0 unspecified atom stereocenters. The third-order valence-electron chi connectivity index (χ3n) is 0. The molecule has 0 aromatic heterocycles.